The van der Waals surface area contributed by atoms with E-state index in [1.54, 1.807) is 17.6 Å². The Morgan fingerprint density at radius 1 is 1.18 bits per heavy atom. The lowest BCUT2D eigenvalue weighted by molar-refractivity contribution is 0.0705. The molecule has 9 heteroatoms. The standard InChI is InChI=1S/C25H29N5O3S/c1-4-7-20(5-2)21-8-10-23(11-9-21)34(33,6-3)28-16-19-12-14-30(15-13-19)25-26-17-22(18-27-25)24(31)29-32/h4-5,7-11,17-19,32H,1-3,12-16H2,(H,28,33)(H,29,31)/b20-7+. The zero-order valence-electron chi connectivity index (χ0n) is 18.9. The molecule has 0 bridgehead atoms. The second-order valence-electron chi connectivity index (χ2n) is 7.78. The molecule has 0 spiro atoms. The molecule has 1 aliphatic heterocycles. The van der Waals surface area contributed by atoms with Gasteiger partial charge in [-0.15, -0.1) is 0 Å². The van der Waals surface area contributed by atoms with Gasteiger partial charge in [0.15, 0.2) is 0 Å². The predicted octanol–water partition coefficient (Wildman–Crippen LogP) is 3.00. The monoisotopic (exact) mass is 479 g/mol. The molecule has 1 aliphatic rings. The van der Waals surface area contributed by atoms with Crippen LogP contribution in [0, 0.1) is 5.92 Å². The zero-order chi connectivity index (χ0) is 24.6. The van der Waals surface area contributed by atoms with Crippen LogP contribution in [0.1, 0.15) is 28.8 Å². The molecule has 0 saturated carbocycles. The summed E-state index contributed by atoms with van der Waals surface area (Å²) in [4.78, 5) is 22.5. The molecule has 1 aromatic heterocycles. The number of amides is 1. The first-order valence-electron chi connectivity index (χ1n) is 10.8. The predicted molar refractivity (Wildman–Crippen MR) is 136 cm³/mol. The van der Waals surface area contributed by atoms with Crippen molar-refractivity contribution in [3.05, 3.63) is 85.8 Å². The summed E-state index contributed by atoms with van der Waals surface area (Å²) in [6, 6.07) is 7.45. The highest BCUT2D eigenvalue weighted by Gasteiger charge is 2.22. The van der Waals surface area contributed by atoms with Gasteiger partial charge in [-0.2, -0.15) is 0 Å². The molecule has 1 atom stereocenters. The number of hydrogen-bond acceptors (Lipinski definition) is 6. The summed E-state index contributed by atoms with van der Waals surface area (Å²) < 4.78 is 16.6. The van der Waals surface area contributed by atoms with Gasteiger partial charge in [-0.05, 0) is 53.6 Å². The maximum absolute atomic E-state index is 13.5. The average molecular weight is 480 g/mol. The van der Waals surface area contributed by atoms with Crippen LogP contribution in [-0.4, -0.2) is 49.9 Å². The molecule has 178 valence electrons. The van der Waals surface area contributed by atoms with Gasteiger partial charge in [-0.3, -0.25) is 10.0 Å². The van der Waals surface area contributed by atoms with Crippen molar-refractivity contribution in [2.45, 2.75) is 17.7 Å². The second kappa shape index (κ2) is 11.6. The van der Waals surface area contributed by atoms with Crippen LogP contribution in [-0.2, 0) is 9.71 Å². The number of anilines is 1. The van der Waals surface area contributed by atoms with Crippen molar-refractivity contribution in [3.8, 4) is 0 Å². The molecule has 0 radical (unpaired) electrons. The van der Waals surface area contributed by atoms with Gasteiger partial charge in [-0.25, -0.2) is 24.4 Å². The van der Waals surface area contributed by atoms with Crippen molar-refractivity contribution in [3.63, 3.8) is 0 Å². The van der Waals surface area contributed by atoms with Crippen LogP contribution in [0.15, 0.2) is 79.5 Å². The number of benzene rings is 1. The highest BCUT2D eigenvalue weighted by atomic mass is 32.2. The van der Waals surface area contributed by atoms with Crippen LogP contribution in [0.5, 0.6) is 0 Å². The lowest BCUT2D eigenvalue weighted by atomic mass is 9.97. The molecule has 3 rings (SSSR count). The van der Waals surface area contributed by atoms with Crippen LogP contribution in [0.4, 0.5) is 5.95 Å². The van der Waals surface area contributed by atoms with Crippen LogP contribution in [0.25, 0.3) is 5.57 Å². The lowest BCUT2D eigenvalue weighted by Gasteiger charge is -2.32. The molecule has 1 amide bonds. The fourth-order valence-corrected chi connectivity index (χ4v) is 5.13. The van der Waals surface area contributed by atoms with Gasteiger partial charge in [-0.1, -0.05) is 43.5 Å². The van der Waals surface area contributed by atoms with Gasteiger partial charge < -0.3 is 4.90 Å². The van der Waals surface area contributed by atoms with Gasteiger partial charge in [0.2, 0.25) is 5.95 Å². The normalized spacial score (nSPS) is 16.3. The molecule has 34 heavy (non-hydrogen) atoms. The maximum Gasteiger partial charge on any atom is 0.277 e. The molecule has 1 fully saturated rings. The topological polar surface area (TPSA) is 107 Å². The van der Waals surface area contributed by atoms with Crippen LogP contribution < -0.4 is 15.1 Å². The van der Waals surface area contributed by atoms with Crippen LogP contribution >= 0.6 is 0 Å². The summed E-state index contributed by atoms with van der Waals surface area (Å²) in [6.07, 6.45) is 9.83. The highest BCUT2D eigenvalue weighted by Crippen LogP contribution is 2.22. The lowest BCUT2D eigenvalue weighted by Crippen LogP contribution is -2.39. The molecule has 1 aromatic carbocycles. The van der Waals surface area contributed by atoms with Crippen molar-refractivity contribution in [1.29, 1.82) is 0 Å². The van der Waals surface area contributed by atoms with Crippen molar-refractivity contribution in [2.75, 3.05) is 24.5 Å². The zero-order valence-corrected chi connectivity index (χ0v) is 19.8. The number of carbonyl (C=O) groups is 1. The minimum absolute atomic E-state index is 0.186. The van der Waals surface area contributed by atoms with E-state index >= 15 is 0 Å². The SMILES string of the molecule is C=C=S(=O)(NCC1CCN(c2ncc(C(=O)NO)cn2)CC1)c1ccc(/C(C=C)=C/C=C)cc1. The third-order valence-electron chi connectivity index (χ3n) is 5.71. The van der Waals surface area contributed by atoms with E-state index in [2.05, 4.69) is 39.4 Å². The quantitative estimate of drug-likeness (QED) is 0.221. The number of rotatable bonds is 9. The fraction of sp³-hybridized carbons (Fsp3) is 0.240. The number of allylic oxidation sites excluding steroid dienone is 4. The number of nitrogens with one attached hydrogen (secondary N) is 2. The average Bonchev–Trinajstić information content (AvgIpc) is 2.90. The Kier molecular flexibility index (Phi) is 8.56. The van der Waals surface area contributed by atoms with Gasteiger partial charge in [0, 0.05) is 32.0 Å². The molecule has 2 aromatic rings. The summed E-state index contributed by atoms with van der Waals surface area (Å²) >= 11 is 0. The minimum Gasteiger partial charge on any atom is -0.341 e. The van der Waals surface area contributed by atoms with E-state index in [1.165, 1.54) is 12.4 Å². The number of piperidine rings is 1. The summed E-state index contributed by atoms with van der Waals surface area (Å²) in [5, 5.41) is 11.4. The molecule has 0 aliphatic carbocycles. The Labute approximate surface area is 200 Å². The van der Waals surface area contributed by atoms with Gasteiger partial charge in [0.05, 0.1) is 20.2 Å². The first-order valence-corrected chi connectivity index (χ1v) is 12.4. The van der Waals surface area contributed by atoms with Crippen LogP contribution in [0.3, 0.4) is 0 Å². The molecule has 3 N–H and O–H groups in total. The molecule has 1 unspecified atom stereocenters. The maximum atomic E-state index is 13.5. The summed E-state index contributed by atoms with van der Waals surface area (Å²) in [7, 11) is -2.72. The number of nitrogens with zero attached hydrogens (tertiary/aromatic N) is 3. The number of aromatic nitrogens is 2. The van der Waals surface area contributed by atoms with E-state index in [1.807, 2.05) is 35.2 Å². The van der Waals surface area contributed by atoms with Crippen molar-refractivity contribution < 1.29 is 14.2 Å². The summed E-state index contributed by atoms with van der Waals surface area (Å²) in [5.41, 5.74) is 3.65. The highest BCUT2D eigenvalue weighted by molar-refractivity contribution is 7.99. The Hall–Kier alpha value is -3.49. The Morgan fingerprint density at radius 2 is 1.82 bits per heavy atom. The molecular formula is C25H29N5O3S. The van der Waals surface area contributed by atoms with Crippen molar-refractivity contribution >= 4 is 32.2 Å². The minimum atomic E-state index is -2.72. The summed E-state index contributed by atoms with van der Waals surface area (Å²) in [5.74, 6) is 0.212. The Morgan fingerprint density at radius 3 is 2.35 bits per heavy atom. The summed E-state index contributed by atoms with van der Waals surface area (Å²) in [6.45, 7) is 13.3. The smallest absolute Gasteiger partial charge is 0.277 e. The van der Waals surface area contributed by atoms with E-state index < -0.39 is 15.6 Å². The number of hydroxylamine groups is 1. The van der Waals surface area contributed by atoms with Crippen molar-refractivity contribution in [2.24, 2.45) is 5.92 Å². The fourth-order valence-electron chi connectivity index (χ4n) is 3.70. The van der Waals surface area contributed by atoms with E-state index in [0.29, 0.717) is 23.3 Å². The van der Waals surface area contributed by atoms with Crippen LogP contribution in [0.2, 0.25) is 0 Å². The van der Waals surface area contributed by atoms with Gasteiger partial charge >= 0.3 is 0 Å². The van der Waals surface area contributed by atoms with E-state index in [-0.39, 0.29) is 5.56 Å². The van der Waals surface area contributed by atoms with E-state index in [9.17, 15) is 9.00 Å². The molecule has 8 nitrogen and oxygen atoms in total. The van der Waals surface area contributed by atoms with Gasteiger partial charge in [0.25, 0.3) is 5.91 Å². The first kappa shape index (κ1) is 25.1. The van der Waals surface area contributed by atoms with E-state index in [4.69, 9.17) is 5.21 Å². The third kappa shape index (κ3) is 5.89. The molecule has 2 heterocycles. The van der Waals surface area contributed by atoms with Gasteiger partial charge in [0.1, 0.15) is 0 Å². The second-order valence-corrected chi connectivity index (χ2v) is 9.94. The number of carbonyl (C=O) groups excluding carboxylic acids is 1. The third-order valence-corrected chi connectivity index (χ3v) is 7.63. The molecule has 1 saturated heterocycles. The van der Waals surface area contributed by atoms with Crippen molar-refractivity contribution in [1.82, 2.24) is 20.2 Å². The largest absolute Gasteiger partial charge is 0.341 e. The molecular weight excluding hydrogens is 450 g/mol. The Balaban J connectivity index is 1.59. The van der Waals surface area contributed by atoms with E-state index in [0.717, 1.165) is 37.1 Å². The Bertz CT molecular complexity index is 1200. The number of hydrogen-bond donors (Lipinski definition) is 3. The first-order chi connectivity index (χ1) is 16.4.